The minimum absolute atomic E-state index is 0.0634. The number of amides is 1. The highest BCUT2D eigenvalue weighted by molar-refractivity contribution is 5.79. The number of aromatic nitrogens is 1. The van der Waals surface area contributed by atoms with Crippen molar-refractivity contribution in [3.63, 3.8) is 0 Å². The summed E-state index contributed by atoms with van der Waals surface area (Å²) in [7, 11) is 0. The van der Waals surface area contributed by atoms with Crippen LogP contribution in [0.5, 0.6) is 0 Å². The fourth-order valence-corrected chi connectivity index (χ4v) is 3.85. The number of fused-ring (bicyclic) bond motifs is 1. The molecule has 28 heavy (non-hydrogen) atoms. The molecule has 152 valence electrons. The molecular weight excluding hydrogens is 358 g/mol. The Kier molecular flexibility index (Phi) is 6.44. The maximum absolute atomic E-state index is 12.4. The van der Waals surface area contributed by atoms with Crippen LogP contribution in [0.25, 0.3) is 11.1 Å². The van der Waals surface area contributed by atoms with E-state index in [1.54, 1.807) is 0 Å². The number of benzene rings is 1. The van der Waals surface area contributed by atoms with Crippen molar-refractivity contribution in [2.45, 2.75) is 38.2 Å². The van der Waals surface area contributed by atoms with Crippen LogP contribution in [0.4, 0.5) is 6.01 Å². The largest absolute Gasteiger partial charge is 0.423 e. The van der Waals surface area contributed by atoms with Crippen molar-refractivity contribution in [3.8, 4) is 0 Å². The van der Waals surface area contributed by atoms with Gasteiger partial charge in [-0.25, -0.2) is 0 Å². The Hall–Kier alpha value is -2.12. The second-order valence-corrected chi connectivity index (χ2v) is 7.58. The van der Waals surface area contributed by atoms with Gasteiger partial charge < -0.3 is 24.1 Å². The summed E-state index contributed by atoms with van der Waals surface area (Å²) in [5.41, 5.74) is 1.68. The summed E-state index contributed by atoms with van der Waals surface area (Å²) < 4.78 is 17.0. The molecule has 2 saturated heterocycles. The normalized spacial score (nSPS) is 20.7. The average Bonchev–Trinajstić information content (AvgIpc) is 3.40. The number of oxazole rings is 1. The highest BCUT2D eigenvalue weighted by Gasteiger charge is 2.27. The SMILES string of the molecule is O=C(NCCCOCC1CCCO1)C1CCN(c2nc3ccccc3o2)CC1. The number of para-hydroxylation sites is 2. The summed E-state index contributed by atoms with van der Waals surface area (Å²) in [6.07, 6.45) is 4.97. The molecule has 4 rings (SSSR count). The average molecular weight is 387 g/mol. The zero-order valence-corrected chi connectivity index (χ0v) is 16.3. The molecule has 0 aliphatic carbocycles. The van der Waals surface area contributed by atoms with Gasteiger partial charge in [-0.2, -0.15) is 4.98 Å². The van der Waals surface area contributed by atoms with Crippen molar-refractivity contribution in [2.24, 2.45) is 5.92 Å². The van der Waals surface area contributed by atoms with E-state index in [9.17, 15) is 4.79 Å². The molecule has 2 aromatic rings. The van der Waals surface area contributed by atoms with E-state index < -0.39 is 0 Å². The first kappa shape index (κ1) is 19.2. The van der Waals surface area contributed by atoms with E-state index in [-0.39, 0.29) is 17.9 Å². The van der Waals surface area contributed by atoms with E-state index in [0.29, 0.717) is 25.8 Å². The Morgan fingerprint density at radius 1 is 1.25 bits per heavy atom. The molecule has 0 saturated carbocycles. The molecule has 3 heterocycles. The molecule has 2 fully saturated rings. The molecular formula is C21H29N3O4. The maximum Gasteiger partial charge on any atom is 0.298 e. The highest BCUT2D eigenvalue weighted by Crippen LogP contribution is 2.26. The Morgan fingerprint density at radius 2 is 2.11 bits per heavy atom. The molecule has 1 atom stereocenters. The van der Waals surface area contributed by atoms with Crippen molar-refractivity contribution in [2.75, 3.05) is 44.4 Å². The minimum atomic E-state index is 0.0634. The zero-order chi connectivity index (χ0) is 19.2. The minimum Gasteiger partial charge on any atom is -0.423 e. The lowest BCUT2D eigenvalue weighted by molar-refractivity contribution is -0.125. The van der Waals surface area contributed by atoms with Gasteiger partial charge in [0.05, 0.1) is 12.7 Å². The van der Waals surface area contributed by atoms with Gasteiger partial charge in [-0.1, -0.05) is 12.1 Å². The summed E-state index contributed by atoms with van der Waals surface area (Å²) in [5.74, 6) is 0.213. The Bertz CT molecular complexity index is 731. The number of piperidine rings is 1. The first-order valence-electron chi connectivity index (χ1n) is 10.4. The molecule has 7 nitrogen and oxygen atoms in total. The fourth-order valence-electron chi connectivity index (χ4n) is 3.85. The van der Waals surface area contributed by atoms with E-state index >= 15 is 0 Å². The third kappa shape index (κ3) is 4.83. The van der Waals surface area contributed by atoms with Gasteiger partial charge >= 0.3 is 0 Å². The summed E-state index contributed by atoms with van der Waals surface area (Å²) in [6.45, 7) is 4.42. The molecule has 1 N–H and O–H groups in total. The van der Waals surface area contributed by atoms with Crippen molar-refractivity contribution in [3.05, 3.63) is 24.3 Å². The van der Waals surface area contributed by atoms with Crippen LogP contribution in [0.1, 0.15) is 32.1 Å². The number of nitrogens with zero attached hydrogens (tertiary/aromatic N) is 2. The number of hydrogen-bond donors (Lipinski definition) is 1. The number of carbonyl (C=O) groups excluding carboxylic acids is 1. The monoisotopic (exact) mass is 387 g/mol. The first-order valence-corrected chi connectivity index (χ1v) is 10.4. The van der Waals surface area contributed by atoms with Gasteiger partial charge in [-0.3, -0.25) is 4.79 Å². The van der Waals surface area contributed by atoms with Gasteiger partial charge in [-0.15, -0.1) is 0 Å². The number of anilines is 1. The predicted molar refractivity (Wildman–Crippen MR) is 106 cm³/mol. The van der Waals surface area contributed by atoms with Crippen molar-refractivity contribution >= 4 is 23.0 Å². The van der Waals surface area contributed by atoms with E-state index in [1.807, 2.05) is 24.3 Å². The van der Waals surface area contributed by atoms with Crippen molar-refractivity contribution < 1.29 is 18.7 Å². The maximum atomic E-state index is 12.4. The topological polar surface area (TPSA) is 76.8 Å². The molecule has 2 aliphatic rings. The molecule has 0 bridgehead atoms. The molecule has 2 aliphatic heterocycles. The number of hydrogen-bond acceptors (Lipinski definition) is 6. The van der Waals surface area contributed by atoms with Gasteiger partial charge in [0.1, 0.15) is 5.52 Å². The van der Waals surface area contributed by atoms with Gasteiger partial charge in [0.15, 0.2) is 5.58 Å². The van der Waals surface area contributed by atoms with Crippen LogP contribution >= 0.6 is 0 Å². The summed E-state index contributed by atoms with van der Waals surface area (Å²) in [5, 5.41) is 3.05. The number of rotatable bonds is 8. The van der Waals surface area contributed by atoms with Crippen LogP contribution in [0, 0.1) is 5.92 Å². The summed E-state index contributed by atoms with van der Waals surface area (Å²) in [6, 6.07) is 8.44. The molecule has 1 unspecified atom stereocenters. The third-order valence-electron chi connectivity index (χ3n) is 5.51. The van der Waals surface area contributed by atoms with Crippen LogP contribution in [0.3, 0.4) is 0 Å². The molecule has 0 radical (unpaired) electrons. The lowest BCUT2D eigenvalue weighted by atomic mass is 9.96. The zero-order valence-electron chi connectivity index (χ0n) is 16.3. The van der Waals surface area contributed by atoms with E-state index in [0.717, 1.165) is 62.9 Å². The first-order chi connectivity index (χ1) is 13.8. The lowest BCUT2D eigenvalue weighted by Crippen LogP contribution is -2.41. The second kappa shape index (κ2) is 9.39. The molecule has 1 aromatic heterocycles. The van der Waals surface area contributed by atoms with Crippen molar-refractivity contribution in [1.82, 2.24) is 10.3 Å². The van der Waals surface area contributed by atoms with E-state index in [4.69, 9.17) is 13.9 Å². The fraction of sp³-hybridized carbons (Fsp3) is 0.619. The van der Waals surface area contributed by atoms with E-state index in [1.165, 1.54) is 0 Å². The van der Waals surface area contributed by atoms with Crippen molar-refractivity contribution in [1.29, 1.82) is 0 Å². The Morgan fingerprint density at radius 3 is 2.89 bits per heavy atom. The Labute approximate surface area is 165 Å². The molecule has 1 aromatic carbocycles. The highest BCUT2D eigenvalue weighted by atomic mass is 16.5. The van der Waals surface area contributed by atoms with Crippen LogP contribution in [-0.2, 0) is 14.3 Å². The van der Waals surface area contributed by atoms with Crippen LogP contribution < -0.4 is 10.2 Å². The standard InChI is InChI=1S/C21H29N3O4/c25-20(22-10-4-13-26-15-17-5-3-14-27-17)16-8-11-24(12-9-16)21-23-18-6-1-2-7-19(18)28-21/h1-2,6-7,16-17H,3-5,8-15H2,(H,22,25). The van der Waals surface area contributed by atoms with Crippen LogP contribution in [-0.4, -0.2) is 56.5 Å². The summed E-state index contributed by atoms with van der Waals surface area (Å²) in [4.78, 5) is 19.1. The van der Waals surface area contributed by atoms with Gasteiger partial charge in [0.25, 0.3) is 6.01 Å². The molecule has 7 heteroatoms. The van der Waals surface area contributed by atoms with Crippen LogP contribution in [0.15, 0.2) is 28.7 Å². The Balaban J connectivity index is 1.13. The van der Waals surface area contributed by atoms with Crippen LogP contribution in [0.2, 0.25) is 0 Å². The number of nitrogens with one attached hydrogen (secondary N) is 1. The smallest absolute Gasteiger partial charge is 0.298 e. The summed E-state index contributed by atoms with van der Waals surface area (Å²) >= 11 is 0. The predicted octanol–water partition coefficient (Wildman–Crippen LogP) is 2.75. The lowest BCUT2D eigenvalue weighted by Gasteiger charge is -2.30. The second-order valence-electron chi connectivity index (χ2n) is 7.58. The molecule has 0 spiro atoms. The molecule has 1 amide bonds. The van der Waals surface area contributed by atoms with Gasteiger partial charge in [0.2, 0.25) is 5.91 Å². The third-order valence-corrected chi connectivity index (χ3v) is 5.51. The number of ether oxygens (including phenoxy) is 2. The van der Waals surface area contributed by atoms with Gasteiger partial charge in [-0.05, 0) is 44.2 Å². The number of carbonyl (C=O) groups is 1. The quantitative estimate of drug-likeness (QED) is 0.702. The van der Waals surface area contributed by atoms with Gasteiger partial charge in [0, 0.05) is 38.8 Å². The van der Waals surface area contributed by atoms with E-state index in [2.05, 4.69) is 15.2 Å².